The molecule has 0 spiro atoms. The molecular formula is C14H25N3O. The molecule has 0 saturated heterocycles. The number of likely N-dealkylation sites (N-methyl/N-ethyl adjacent to an activating group) is 1. The Morgan fingerprint density at radius 1 is 1.44 bits per heavy atom. The van der Waals surface area contributed by atoms with Crippen LogP contribution in [-0.2, 0) is 4.74 Å². The van der Waals surface area contributed by atoms with Gasteiger partial charge in [-0.2, -0.15) is 0 Å². The van der Waals surface area contributed by atoms with Crippen LogP contribution in [0.3, 0.4) is 0 Å². The zero-order valence-electron chi connectivity index (χ0n) is 12.1. The number of aryl methyl sites for hydroxylation is 1. The first kappa shape index (κ1) is 14.9. The molecule has 0 saturated carbocycles. The Morgan fingerprint density at radius 2 is 2.11 bits per heavy atom. The number of aromatic nitrogens is 1. The third-order valence-electron chi connectivity index (χ3n) is 3.02. The molecule has 0 aliphatic carbocycles. The van der Waals surface area contributed by atoms with Gasteiger partial charge in [0.25, 0.3) is 0 Å². The van der Waals surface area contributed by atoms with Gasteiger partial charge in [0, 0.05) is 18.4 Å². The summed E-state index contributed by atoms with van der Waals surface area (Å²) < 4.78 is 5.85. The van der Waals surface area contributed by atoms with Crippen molar-refractivity contribution in [1.82, 2.24) is 10.3 Å². The number of nitrogens with one attached hydrogen (secondary N) is 1. The molecule has 0 bridgehead atoms. The van der Waals surface area contributed by atoms with Crippen molar-refractivity contribution in [2.45, 2.75) is 46.3 Å². The third kappa shape index (κ3) is 3.43. The summed E-state index contributed by atoms with van der Waals surface area (Å²) >= 11 is 0. The van der Waals surface area contributed by atoms with Gasteiger partial charge in [0.1, 0.15) is 5.82 Å². The lowest BCUT2D eigenvalue weighted by molar-refractivity contribution is -0.0387. The van der Waals surface area contributed by atoms with Crippen LogP contribution in [-0.4, -0.2) is 23.7 Å². The Labute approximate surface area is 110 Å². The molecule has 0 fully saturated rings. The average molecular weight is 251 g/mol. The van der Waals surface area contributed by atoms with E-state index in [1.54, 1.807) is 6.20 Å². The molecule has 18 heavy (non-hydrogen) atoms. The van der Waals surface area contributed by atoms with Crippen LogP contribution in [0.5, 0.6) is 0 Å². The minimum absolute atomic E-state index is 0.0369. The van der Waals surface area contributed by atoms with E-state index in [4.69, 9.17) is 10.5 Å². The minimum atomic E-state index is -0.325. The lowest BCUT2D eigenvalue weighted by Gasteiger charge is -2.35. The zero-order valence-corrected chi connectivity index (χ0v) is 12.1. The Hall–Kier alpha value is -1.13. The van der Waals surface area contributed by atoms with Crippen LogP contribution in [0.4, 0.5) is 5.82 Å². The topological polar surface area (TPSA) is 60.2 Å². The van der Waals surface area contributed by atoms with Gasteiger partial charge in [-0.05, 0) is 45.9 Å². The Morgan fingerprint density at radius 3 is 2.67 bits per heavy atom. The Bertz CT molecular complexity index is 391. The SMILES string of the molecule is CCNC(c1cc(C)cnc1N)C(C)(C)OCC. The molecule has 0 aliphatic heterocycles. The number of nitrogens with two attached hydrogens (primary N) is 1. The third-order valence-corrected chi connectivity index (χ3v) is 3.02. The largest absolute Gasteiger partial charge is 0.383 e. The molecule has 1 aromatic rings. The summed E-state index contributed by atoms with van der Waals surface area (Å²) in [6.45, 7) is 11.8. The lowest BCUT2D eigenvalue weighted by atomic mass is 9.91. The quantitative estimate of drug-likeness (QED) is 0.815. The van der Waals surface area contributed by atoms with Crippen molar-refractivity contribution in [3.63, 3.8) is 0 Å². The number of ether oxygens (including phenoxy) is 1. The Balaban J connectivity index is 3.14. The van der Waals surface area contributed by atoms with Gasteiger partial charge in [-0.1, -0.05) is 6.92 Å². The van der Waals surface area contributed by atoms with E-state index in [1.807, 2.05) is 13.8 Å². The molecule has 4 nitrogen and oxygen atoms in total. The maximum absolute atomic E-state index is 6.01. The Kier molecular flexibility index (Phi) is 5.11. The van der Waals surface area contributed by atoms with Crippen LogP contribution in [0, 0.1) is 6.92 Å². The summed E-state index contributed by atoms with van der Waals surface area (Å²) in [7, 11) is 0. The van der Waals surface area contributed by atoms with Crippen molar-refractivity contribution >= 4 is 5.82 Å². The van der Waals surface area contributed by atoms with E-state index in [-0.39, 0.29) is 11.6 Å². The lowest BCUT2D eigenvalue weighted by Crippen LogP contribution is -2.42. The summed E-state index contributed by atoms with van der Waals surface area (Å²) in [6.07, 6.45) is 1.79. The van der Waals surface area contributed by atoms with Crippen LogP contribution in [0.1, 0.15) is 44.9 Å². The summed E-state index contributed by atoms with van der Waals surface area (Å²) in [5.41, 5.74) is 7.80. The van der Waals surface area contributed by atoms with Crippen molar-refractivity contribution in [1.29, 1.82) is 0 Å². The molecule has 1 rings (SSSR count). The second-order valence-corrected chi connectivity index (χ2v) is 5.01. The smallest absolute Gasteiger partial charge is 0.128 e. The molecule has 4 heteroatoms. The van der Waals surface area contributed by atoms with Crippen molar-refractivity contribution < 1.29 is 4.74 Å². The normalized spacial score (nSPS) is 13.6. The summed E-state index contributed by atoms with van der Waals surface area (Å²) in [6, 6.07) is 2.12. The van der Waals surface area contributed by atoms with Gasteiger partial charge >= 0.3 is 0 Å². The number of nitrogen functional groups attached to an aromatic ring is 1. The summed E-state index contributed by atoms with van der Waals surface area (Å²) in [4.78, 5) is 4.24. The molecule has 0 aromatic carbocycles. The molecule has 1 atom stereocenters. The first-order chi connectivity index (χ1) is 8.42. The van der Waals surface area contributed by atoms with Crippen molar-refractivity contribution in [2.75, 3.05) is 18.9 Å². The second-order valence-electron chi connectivity index (χ2n) is 5.01. The fourth-order valence-corrected chi connectivity index (χ4v) is 2.22. The molecule has 1 heterocycles. The number of hydrogen-bond donors (Lipinski definition) is 2. The average Bonchev–Trinajstić information content (AvgIpc) is 2.29. The highest BCUT2D eigenvalue weighted by molar-refractivity contribution is 5.44. The van der Waals surface area contributed by atoms with E-state index < -0.39 is 0 Å². The van der Waals surface area contributed by atoms with Gasteiger partial charge in [0.15, 0.2) is 0 Å². The maximum atomic E-state index is 6.01. The monoisotopic (exact) mass is 251 g/mol. The van der Waals surface area contributed by atoms with Crippen molar-refractivity contribution in [3.05, 3.63) is 23.4 Å². The van der Waals surface area contributed by atoms with Crippen LogP contribution in [0.25, 0.3) is 0 Å². The number of hydrogen-bond acceptors (Lipinski definition) is 4. The van der Waals surface area contributed by atoms with Crippen LogP contribution >= 0.6 is 0 Å². The molecule has 0 amide bonds. The van der Waals surface area contributed by atoms with Crippen LogP contribution in [0.2, 0.25) is 0 Å². The number of pyridine rings is 1. The maximum Gasteiger partial charge on any atom is 0.128 e. The number of anilines is 1. The van der Waals surface area contributed by atoms with Gasteiger partial charge in [-0.15, -0.1) is 0 Å². The second kappa shape index (κ2) is 6.16. The highest BCUT2D eigenvalue weighted by atomic mass is 16.5. The standard InChI is InChI=1S/C14H25N3O/c1-6-16-12(14(4,5)18-7-2)11-8-10(3)9-17-13(11)15/h8-9,12,16H,6-7H2,1-5H3,(H2,15,17). The molecule has 102 valence electrons. The van der Waals surface area contributed by atoms with E-state index in [9.17, 15) is 0 Å². The van der Waals surface area contributed by atoms with Gasteiger partial charge in [-0.3, -0.25) is 0 Å². The van der Waals surface area contributed by atoms with Crippen LogP contribution < -0.4 is 11.1 Å². The van der Waals surface area contributed by atoms with E-state index in [0.29, 0.717) is 12.4 Å². The van der Waals surface area contributed by atoms with Crippen molar-refractivity contribution in [3.8, 4) is 0 Å². The van der Waals surface area contributed by atoms with E-state index in [1.165, 1.54) is 0 Å². The number of nitrogens with zero attached hydrogens (tertiary/aromatic N) is 1. The first-order valence-corrected chi connectivity index (χ1v) is 6.51. The fourth-order valence-electron chi connectivity index (χ4n) is 2.22. The molecule has 0 aliphatic rings. The molecule has 1 unspecified atom stereocenters. The minimum Gasteiger partial charge on any atom is -0.383 e. The van der Waals surface area contributed by atoms with Crippen molar-refractivity contribution in [2.24, 2.45) is 0 Å². The molecule has 1 aromatic heterocycles. The number of rotatable bonds is 6. The summed E-state index contributed by atoms with van der Waals surface area (Å²) in [5.74, 6) is 0.569. The predicted octanol–water partition coefficient (Wildman–Crippen LogP) is 2.44. The van der Waals surface area contributed by atoms with Gasteiger partial charge < -0.3 is 15.8 Å². The highest BCUT2D eigenvalue weighted by Crippen LogP contribution is 2.31. The fraction of sp³-hybridized carbons (Fsp3) is 0.643. The zero-order chi connectivity index (χ0) is 13.8. The molecular weight excluding hydrogens is 226 g/mol. The van der Waals surface area contributed by atoms with E-state index in [2.05, 4.69) is 37.1 Å². The van der Waals surface area contributed by atoms with E-state index in [0.717, 1.165) is 17.7 Å². The summed E-state index contributed by atoms with van der Waals surface area (Å²) in [5, 5.41) is 3.45. The van der Waals surface area contributed by atoms with Gasteiger partial charge in [-0.25, -0.2) is 4.98 Å². The predicted molar refractivity (Wildman–Crippen MR) is 75.5 cm³/mol. The first-order valence-electron chi connectivity index (χ1n) is 6.51. The molecule has 3 N–H and O–H groups in total. The van der Waals surface area contributed by atoms with E-state index >= 15 is 0 Å². The van der Waals surface area contributed by atoms with Gasteiger partial charge in [0.2, 0.25) is 0 Å². The highest BCUT2D eigenvalue weighted by Gasteiger charge is 2.32. The van der Waals surface area contributed by atoms with Crippen LogP contribution in [0.15, 0.2) is 12.3 Å². The van der Waals surface area contributed by atoms with Gasteiger partial charge in [0.05, 0.1) is 11.6 Å². The molecule has 0 radical (unpaired) electrons.